The second-order valence-electron chi connectivity index (χ2n) is 3.10. The largest absolute Gasteiger partial charge is 0.497 e. The van der Waals surface area contributed by atoms with E-state index in [1.165, 1.54) is 11.1 Å². The van der Waals surface area contributed by atoms with Crippen LogP contribution in [0, 0.1) is 0 Å². The Kier molecular flexibility index (Phi) is 1.97. The molecule has 0 atom stereocenters. The quantitative estimate of drug-likeness (QED) is 0.683. The van der Waals surface area contributed by atoms with Gasteiger partial charge in [-0.3, -0.25) is 0 Å². The fourth-order valence-electron chi connectivity index (χ4n) is 1.47. The molecular formula is C11H13NO. The summed E-state index contributed by atoms with van der Waals surface area (Å²) in [6.45, 7) is 2.16. The van der Waals surface area contributed by atoms with E-state index in [0.717, 1.165) is 12.2 Å². The van der Waals surface area contributed by atoms with Crippen molar-refractivity contribution in [2.45, 2.75) is 13.3 Å². The van der Waals surface area contributed by atoms with Crippen molar-refractivity contribution in [2.24, 2.45) is 0 Å². The van der Waals surface area contributed by atoms with Crippen molar-refractivity contribution >= 4 is 5.52 Å². The van der Waals surface area contributed by atoms with Crippen LogP contribution in [-0.2, 0) is 6.42 Å². The first-order valence-corrected chi connectivity index (χ1v) is 4.48. The highest BCUT2D eigenvalue weighted by molar-refractivity contribution is 5.54. The summed E-state index contributed by atoms with van der Waals surface area (Å²) in [4.78, 5) is 0. The third kappa shape index (κ3) is 1.39. The van der Waals surface area contributed by atoms with E-state index in [2.05, 4.69) is 23.6 Å². The summed E-state index contributed by atoms with van der Waals surface area (Å²) in [5.41, 5.74) is 2.55. The van der Waals surface area contributed by atoms with Gasteiger partial charge >= 0.3 is 0 Å². The summed E-state index contributed by atoms with van der Waals surface area (Å²) in [5, 5.41) is 0. The van der Waals surface area contributed by atoms with Crippen LogP contribution in [0.1, 0.15) is 12.5 Å². The van der Waals surface area contributed by atoms with E-state index >= 15 is 0 Å². The lowest BCUT2D eigenvalue weighted by Gasteiger charge is -1.99. The van der Waals surface area contributed by atoms with Crippen LogP contribution in [0.25, 0.3) is 5.52 Å². The SMILES string of the molecule is CCc1cc2cc(OC)ccn2c1. The highest BCUT2D eigenvalue weighted by Gasteiger charge is 1.98. The zero-order valence-corrected chi connectivity index (χ0v) is 7.95. The molecule has 68 valence electrons. The van der Waals surface area contributed by atoms with Crippen LogP contribution in [0.3, 0.4) is 0 Å². The number of hydrogen-bond donors (Lipinski definition) is 0. The van der Waals surface area contributed by atoms with Crippen molar-refractivity contribution in [3.63, 3.8) is 0 Å². The number of aryl methyl sites for hydroxylation is 1. The van der Waals surface area contributed by atoms with Crippen molar-refractivity contribution in [1.82, 2.24) is 4.40 Å². The van der Waals surface area contributed by atoms with Crippen molar-refractivity contribution in [3.8, 4) is 5.75 Å². The van der Waals surface area contributed by atoms with Crippen molar-refractivity contribution in [1.29, 1.82) is 0 Å². The third-order valence-corrected chi connectivity index (χ3v) is 2.27. The van der Waals surface area contributed by atoms with Gasteiger partial charge in [0.15, 0.2) is 0 Å². The topological polar surface area (TPSA) is 13.6 Å². The Labute approximate surface area is 77.8 Å². The maximum atomic E-state index is 5.15. The number of ether oxygens (including phenoxy) is 1. The minimum atomic E-state index is 0.910. The number of nitrogens with zero attached hydrogens (tertiary/aromatic N) is 1. The summed E-state index contributed by atoms with van der Waals surface area (Å²) >= 11 is 0. The Morgan fingerprint density at radius 3 is 2.92 bits per heavy atom. The van der Waals surface area contributed by atoms with Gasteiger partial charge in [-0.25, -0.2) is 0 Å². The van der Waals surface area contributed by atoms with Gasteiger partial charge in [-0.2, -0.15) is 0 Å². The lowest BCUT2D eigenvalue weighted by Crippen LogP contribution is -1.85. The first kappa shape index (κ1) is 8.17. The van der Waals surface area contributed by atoms with Gasteiger partial charge in [0, 0.05) is 24.0 Å². The Morgan fingerprint density at radius 1 is 1.38 bits per heavy atom. The summed E-state index contributed by atoms with van der Waals surface area (Å²) in [5.74, 6) is 0.910. The van der Waals surface area contributed by atoms with Crippen LogP contribution in [0.15, 0.2) is 30.6 Å². The van der Waals surface area contributed by atoms with Crippen LogP contribution >= 0.6 is 0 Å². The molecule has 0 aromatic carbocycles. The summed E-state index contributed by atoms with van der Waals surface area (Å²) in [7, 11) is 1.69. The molecule has 0 unspecified atom stereocenters. The van der Waals surface area contributed by atoms with Gasteiger partial charge < -0.3 is 9.14 Å². The van der Waals surface area contributed by atoms with Gasteiger partial charge in [-0.15, -0.1) is 0 Å². The van der Waals surface area contributed by atoms with E-state index in [4.69, 9.17) is 4.74 Å². The van der Waals surface area contributed by atoms with Crippen LogP contribution < -0.4 is 4.74 Å². The maximum Gasteiger partial charge on any atom is 0.122 e. The Balaban J connectivity index is 2.57. The molecule has 0 radical (unpaired) electrons. The highest BCUT2D eigenvalue weighted by atomic mass is 16.5. The molecule has 0 fully saturated rings. The number of methoxy groups -OCH3 is 1. The van der Waals surface area contributed by atoms with Gasteiger partial charge in [-0.05, 0) is 24.1 Å². The van der Waals surface area contributed by atoms with Crippen molar-refractivity contribution in [2.75, 3.05) is 7.11 Å². The molecule has 2 heterocycles. The van der Waals surface area contributed by atoms with Gasteiger partial charge in [0.05, 0.1) is 7.11 Å². The normalized spacial score (nSPS) is 10.6. The lowest BCUT2D eigenvalue weighted by atomic mass is 10.2. The molecule has 0 saturated carbocycles. The molecule has 0 spiro atoms. The number of rotatable bonds is 2. The highest BCUT2D eigenvalue weighted by Crippen LogP contribution is 2.16. The first-order chi connectivity index (χ1) is 6.33. The molecule has 0 saturated heterocycles. The van der Waals surface area contributed by atoms with Gasteiger partial charge in [0.25, 0.3) is 0 Å². The van der Waals surface area contributed by atoms with Crippen molar-refractivity contribution in [3.05, 3.63) is 36.2 Å². The summed E-state index contributed by atoms with van der Waals surface area (Å²) in [6.07, 6.45) is 5.24. The average Bonchev–Trinajstić information content (AvgIpc) is 2.58. The number of aromatic nitrogens is 1. The van der Waals surface area contributed by atoms with E-state index < -0.39 is 0 Å². The first-order valence-electron chi connectivity index (χ1n) is 4.48. The number of fused-ring (bicyclic) bond motifs is 1. The predicted octanol–water partition coefficient (Wildman–Crippen LogP) is 2.51. The predicted molar refractivity (Wildman–Crippen MR) is 53.3 cm³/mol. The molecule has 0 aliphatic heterocycles. The van der Waals surface area contributed by atoms with Crippen molar-refractivity contribution < 1.29 is 4.74 Å². The molecule has 2 aromatic heterocycles. The minimum absolute atomic E-state index is 0.910. The van der Waals surface area contributed by atoms with Crippen LogP contribution in [0.5, 0.6) is 5.75 Å². The average molecular weight is 175 g/mol. The Bertz CT molecular complexity index is 415. The van der Waals surface area contributed by atoms with Crippen LogP contribution in [-0.4, -0.2) is 11.5 Å². The van der Waals surface area contributed by atoms with Crippen LogP contribution in [0.4, 0.5) is 0 Å². The van der Waals surface area contributed by atoms with Gasteiger partial charge in [0.1, 0.15) is 5.75 Å². The smallest absolute Gasteiger partial charge is 0.122 e. The molecule has 0 aliphatic rings. The van der Waals surface area contributed by atoms with E-state index in [-0.39, 0.29) is 0 Å². The Hall–Kier alpha value is -1.44. The molecule has 0 amide bonds. The zero-order chi connectivity index (χ0) is 9.26. The fourth-order valence-corrected chi connectivity index (χ4v) is 1.47. The second-order valence-corrected chi connectivity index (χ2v) is 3.10. The molecule has 0 N–H and O–H groups in total. The monoisotopic (exact) mass is 175 g/mol. The summed E-state index contributed by atoms with van der Waals surface area (Å²) in [6, 6.07) is 6.19. The Morgan fingerprint density at radius 2 is 2.23 bits per heavy atom. The molecule has 2 rings (SSSR count). The number of pyridine rings is 1. The molecule has 13 heavy (non-hydrogen) atoms. The van der Waals surface area contributed by atoms with E-state index in [1.54, 1.807) is 7.11 Å². The standard InChI is InChI=1S/C11H13NO/c1-3-9-6-10-7-11(13-2)4-5-12(10)8-9/h4-8H,3H2,1-2H3. The number of hydrogen-bond acceptors (Lipinski definition) is 1. The maximum absolute atomic E-state index is 5.15. The molecule has 0 aliphatic carbocycles. The molecular weight excluding hydrogens is 162 g/mol. The van der Waals surface area contributed by atoms with Crippen LogP contribution in [0.2, 0.25) is 0 Å². The zero-order valence-electron chi connectivity index (χ0n) is 7.95. The molecule has 0 bridgehead atoms. The second kappa shape index (κ2) is 3.13. The fraction of sp³-hybridized carbons (Fsp3) is 0.273. The summed E-state index contributed by atoms with van der Waals surface area (Å²) < 4.78 is 7.26. The molecule has 2 heteroatoms. The van der Waals surface area contributed by atoms with E-state index in [0.29, 0.717) is 0 Å². The minimum Gasteiger partial charge on any atom is -0.497 e. The van der Waals surface area contributed by atoms with E-state index in [9.17, 15) is 0 Å². The third-order valence-electron chi connectivity index (χ3n) is 2.27. The van der Waals surface area contributed by atoms with Gasteiger partial charge in [-0.1, -0.05) is 6.92 Å². The van der Waals surface area contributed by atoms with E-state index in [1.807, 2.05) is 18.3 Å². The molecule has 2 aromatic rings. The lowest BCUT2D eigenvalue weighted by molar-refractivity contribution is 0.414. The van der Waals surface area contributed by atoms with Gasteiger partial charge in [0.2, 0.25) is 0 Å². The molecule has 2 nitrogen and oxygen atoms in total.